The van der Waals surface area contributed by atoms with Crippen molar-refractivity contribution >= 4 is 45.9 Å². The molecule has 0 fully saturated rings. The Morgan fingerprint density at radius 2 is 1.79 bits per heavy atom. The maximum Gasteiger partial charge on any atom is 0.338 e. The SMILES string of the molecule is CCC1=C(C(=O)OC)[C@H](c2ccccc2)n2c(s/c(=C\c3ccc(S[C@@H](C)CC)c4ccccc34)c2=O)=N1. The van der Waals surface area contributed by atoms with Gasteiger partial charge in [0, 0.05) is 10.1 Å². The van der Waals surface area contributed by atoms with Crippen molar-refractivity contribution in [3.63, 3.8) is 0 Å². The van der Waals surface area contributed by atoms with Crippen molar-refractivity contribution in [2.75, 3.05) is 7.11 Å². The number of rotatable bonds is 7. The van der Waals surface area contributed by atoms with Crippen LogP contribution in [0.1, 0.15) is 50.8 Å². The van der Waals surface area contributed by atoms with Crippen molar-refractivity contribution < 1.29 is 9.53 Å². The second kappa shape index (κ2) is 11.1. The lowest BCUT2D eigenvalue weighted by atomic mass is 9.95. The lowest BCUT2D eigenvalue weighted by molar-refractivity contribution is -0.136. The molecule has 7 heteroatoms. The van der Waals surface area contributed by atoms with E-state index >= 15 is 0 Å². The first-order valence-corrected chi connectivity index (χ1v) is 14.5. The third-order valence-electron chi connectivity index (χ3n) is 6.87. The van der Waals surface area contributed by atoms with Crippen LogP contribution in [0, 0.1) is 0 Å². The van der Waals surface area contributed by atoms with Crippen molar-refractivity contribution in [1.29, 1.82) is 0 Å². The molecule has 1 aromatic heterocycles. The molecule has 2 heterocycles. The van der Waals surface area contributed by atoms with Gasteiger partial charge in [0.2, 0.25) is 0 Å². The van der Waals surface area contributed by atoms with Crippen LogP contribution in [0.25, 0.3) is 16.8 Å². The Labute approximate surface area is 230 Å². The van der Waals surface area contributed by atoms with E-state index in [4.69, 9.17) is 9.73 Å². The zero-order valence-corrected chi connectivity index (χ0v) is 23.6. The van der Waals surface area contributed by atoms with Crippen LogP contribution in [0.15, 0.2) is 92.7 Å². The summed E-state index contributed by atoms with van der Waals surface area (Å²) in [6.07, 6.45) is 3.61. The second-order valence-corrected chi connectivity index (χ2v) is 11.7. The van der Waals surface area contributed by atoms with Gasteiger partial charge in [-0.3, -0.25) is 9.36 Å². The van der Waals surface area contributed by atoms with Crippen molar-refractivity contribution in [1.82, 2.24) is 4.57 Å². The van der Waals surface area contributed by atoms with Crippen LogP contribution in [-0.4, -0.2) is 22.9 Å². The Morgan fingerprint density at radius 1 is 1.08 bits per heavy atom. The molecule has 0 aliphatic carbocycles. The highest BCUT2D eigenvalue weighted by molar-refractivity contribution is 8.00. The third kappa shape index (κ3) is 4.76. The average Bonchev–Trinajstić information content (AvgIpc) is 3.27. The molecule has 194 valence electrons. The monoisotopic (exact) mass is 542 g/mol. The van der Waals surface area contributed by atoms with E-state index in [1.54, 1.807) is 4.57 Å². The predicted octanol–water partition coefficient (Wildman–Crippen LogP) is 5.84. The number of nitrogens with zero attached hydrogens (tertiary/aromatic N) is 2. The van der Waals surface area contributed by atoms with Crippen LogP contribution in [0.2, 0.25) is 0 Å². The second-order valence-electron chi connectivity index (χ2n) is 9.23. The number of hydrogen-bond donors (Lipinski definition) is 0. The normalized spacial score (nSPS) is 16.3. The van der Waals surface area contributed by atoms with Gasteiger partial charge in [-0.25, -0.2) is 9.79 Å². The van der Waals surface area contributed by atoms with Crippen LogP contribution in [0.3, 0.4) is 0 Å². The molecule has 0 bridgehead atoms. The predicted molar refractivity (Wildman–Crippen MR) is 156 cm³/mol. The summed E-state index contributed by atoms with van der Waals surface area (Å²) in [6.45, 7) is 6.40. The first kappa shape index (κ1) is 26.2. The number of methoxy groups -OCH3 is 1. The number of benzene rings is 3. The van der Waals surface area contributed by atoms with Crippen LogP contribution >= 0.6 is 23.1 Å². The Balaban J connectivity index is 1.72. The first-order chi connectivity index (χ1) is 18.5. The molecule has 0 unspecified atom stereocenters. The van der Waals surface area contributed by atoms with Gasteiger partial charge in [-0.2, -0.15) is 0 Å². The molecule has 5 rings (SSSR count). The fourth-order valence-electron chi connectivity index (χ4n) is 4.78. The molecule has 0 N–H and O–H groups in total. The molecule has 1 aliphatic rings. The average molecular weight is 543 g/mol. The van der Waals surface area contributed by atoms with E-state index in [-0.39, 0.29) is 5.56 Å². The van der Waals surface area contributed by atoms with Crippen LogP contribution < -0.4 is 14.9 Å². The lowest BCUT2D eigenvalue weighted by Gasteiger charge is -2.25. The van der Waals surface area contributed by atoms with Gasteiger partial charge < -0.3 is 4.74 Å². The van der Waals surface area contributed by atoms with Gasteiger partial charge in [-0.15, -0.1) is 11.8 Å². The minimum absolute atomic E-state index is 0.165. The van der Waals surface area contributed by atoms with E-state index in [2.05, 4.69) is 44.2 Å². The van der Waals surface area contributed by atoms with E-state index in [1.165, 1.54) is 28.7 Å². The molecule has 0 amide bonds. The number of thiazole rings is 1. The molecular weight excluding hydrogens is 512 g/mol. The molecule has 0 saturated heterocycles. The molecule has 0 saturated carbocycles. The number of thioether (sulfide) groups is 1. The van der Waals surface area contributed by atoms with Crippen molar-refractivity contribution in [2.24, 2.45) is 4.99 Å². The van der Waals surface area contributed by atoms with Crippen LogP contribution in [-0.2, 0) is 9.53 Å². The molecule has 2 atom stereocenters. The number of ether oxygens (including phenoxy) is 1. The number of allylic oxidation sites excluding steroid dienone is 1. The summed E-state index contributed by atoms with van der Waals surface area (Å²) in [4.78, 5) is 33.5. The molecule has 0 radical (unpaired) electrons. The molecule has 4 aromatic rings. The van der Waals surface area contributed by atoms with Gasteiger partial charge in [0.1, 0.15) is 0 Å². The fraction of sp³-hybridized carbons (Fsp3) is 0.258. The highest BCUT2D eigenvalue weighted by Gasteiger charge is 2.33. The zero-order valence-electron chi connectivity index (χ0n) is 21.9. The summed E-state index contributed by atoms with van der Waals surface area (Å²) >= 11 is 3.24. The van der Waals surface area contributed by atoms with Crippen molar-refractivity contribution in [2.45, 2.75) is 49.8 Å². The van der Waals surface area contributed by atoms with Gasteiger partial charge in [-0.1, -0.05) is 92.8 Å². The molecule has 0 spiro atoms. The summed E-state index contributed by atoms with van der Waals surface area (Å²) in [6, 6.07) is 21.6. The maximum absolute atomic E-state index is 13.9. The summed E-state index contributed by atoms with van der Waals surface area (Å²) in [5, 5.41) is 2.81. The van der Waals surface area contributed by atoms with Gasteiger partial charge in [-0.05, 0) is 46.9 Å². The maximum atomic E-state index is 13.9. The Kier molecular flexibility index (Phi) is 7.68. The van der Waals surface area contributed by atoms with E-state index in [0.29, 0.717) is 32.3 Å². The summed E-state index contributed by atoms with van der Waals surface area (Å²) < 4.78 is 7.37. The Morgan fingerprint density at radius 3 is 2.47 bits per heavy atom. The summed E-state index contributed by atoms with van der Waals surface area (Å²) in [5.41, 5.74) is 2.73. The smallest absolute Gasteiger partial charge is 0.338 e. The zero-order chi connectivity index (χ0) is 26.8. The van der Waals surface area contributed by atoms with E-state index in [1.807, 2.05) is 61.2 Å². The largest absolute Gasteiger partial charge is 0.466 e. The number of hydrogen-bond acceptors (Lipinski definition) is 6. The van der Waals surface area contributed by atoms with Crippen molar-refractivity contribution in [3.05, 3.63) is 109 Å². The highest BCUT2D eigenvalue weighted by atomic mass is 32.2. The number of aromatic nitrogens is 1. The van der Waals surface area contributed by atoms with E-state index in [9.17, 15) is 9.59 Å². The minimum atomic E-state index is -0.594. The molecule has 38 heavy (non-hydrogen) atoms. The molecular formula is C31H30N2O3S2. The number of carbonyl (C=O) groups is 1. The fourth-order valence-corrected chi connectivity index (χ4v) is 6.84. The summed E-state index contributed by atoms with van der Waals surface area (Å²) in [5.74, 6) is -0.464. The van der Waals surface area contributed by atoms with Gasteiger partial charge >= 0.3 is 5.97 Å². The quantitative estimate of drug-likeness (QED) is 0.217. The number of fused-ring (bicyclic) bond motifs is 2. The highest BCUT2D eigenvalue weighted by Crippen LogP contribution is 2.34. The lowest BCUT2D eigenvalue weighted by Crippen LogP contribution is -2.40. The molecule has 3 aromatic carbocycles. The van der Waals surface area contributed by atoms with E-state index in [0.717, 1.165) is 22.9 Å². The number of esters is 1. The number of carbonyl (C=O) groups excluding carboxylic acids is 1. The van der Waals surface area contributed by atoms with Crippen LogP contribution in [0.5, 0.6) is 0 Å². The summed E-state index contributed by atoms with van der Waals surface area (Å²) in [7, 11) is 1.37. The van der Waals surface area contributed by atoms with Crippen LogP contribution in [0.4, 0.5) is 0 Å². The topological polar surface area (TPSA) is 60.7 Å². The van der Waals surface area contributed by atoms with E-state index < -0.39 is 12.0 Å². The molecule has 1 aliphatic heterocycles. The minimum Gasteiger partial charge on any atom is -0.466 e. The standard InChI is InChI=1S/C31H30N2O3S2/c1-5-19(3)37-25-17-16-21(22-14-10-11-15-23(22)25)18-26-29(34)33-28(20-12-8-7-9-13-20)27(30(35)36-4)24(6-2)32-31(33)38-26/h7-19,28H,5-6H2,1-4H3/b26-18-/t19-,28-/m0/s1. The first-order valence-electron chi connectivity index (χ1n) is 12.8. The van der Waals surface area contributed by atoms with Crippen molar-refractivity contribution in [3.8, 4) is 0 Å². The van der Waals surface area contributed by atoms with Gasteiger partial charge in [0.05, 0.1) is 29.0 Å². The Bertz CT molecular complexity index is 1720. The molecule has 5 nitrogen and oxygen atoms in total. The Hall–Kier alpha value is -3.42. The third-order valence-corrected chi connectivity index (χ3v) is 9.20. The van der Waals surface area contributed by atoms with Gasteiger partial charge in [0.15, 0.2) is 4.80 Å². The van der Waals surface area contributed by atoms with Gasteiger partial charge in [0.25, 0.3) is 5.56 Å².